The number of nitrogens with one attached hydrogen (secondary N) is 1. The lowest BCUT2D eigenvalue weighted by Gasteiger charge is -2.12. The zero-order valence-electron chi connectivity index (χ0n) is 12.7. The molecule has 2 aromatic rings. The van der Waals surface area contributed by atoms with Gasteiger partial charge in [-0.2, -0.15) is 0 Å². The van der Waals surface area contributed by atoms with Gasteiger partial charge in [0.25, 0.3) is 0 Å². The molecule has 0 saturated heterocycles. The van der Waals surface area contributed by atoms with Gasteiger partial charge in [-0.1, -0.05) is 18.5 Å². The van der Waals surface area contributed by atoms with Gasteiger partial charge < -0.3 is 14.6 Å². The number of aryl methyl sites for hydroxylation is 1. The van der Waals surface area contributed by atoms with E-state index in [9.17, 15) is 0 Å². The van der Waals surface area contributed by atoms with Crippen LogP contribution in [0.15, 0.2) is 18.3 Å². The highest BCUT2D eigenvalue weighted by atomic mass is 35.5. The number of imidazole rings is 1. The fourth-order valence-corrected chi connectivity index (χ4v) is 2.09. The van der Waals surface area contributed by atoms with Gasteiger partial charge in [-0.3, -0.25) is 4.98 Å². The van der Waals surface area contributed by atoms with Crippen LogP contribution in [0.5, 0.6) is 5.75 Å². The minimum Gasteiger partial charge on any atom is -0.484 e. The average Bonchev–Trinajstić information content (AvgIpc) is 2.78. The summed E-state index contributed by atoms with van der Waals surface area (Å²) in [4.78, 5) is 8.77. The van der Waals surface area contributed by atoms with Gasteiger partial charge in [0.05, 0.1) is 11.9 Å². The highest BCUT2D eigenvalue weighted by Gasteiger charge is 2.09. The van der Waals surface area contributed by atoms with Crippen LogP contribution in [-0.4, -0.2) is 21.1 Å². The molecule has 0 aliphatic rings. The summed E-state index contributed by atoms with van der Waals surface area (Å²) in [5.41, 5.74) is 1.90. The third kappa shape index (κ3) is 4.19. The van der Waals surface area contributed by atoms with E-state index in [1.165, 1.54) is 0 Å². The fourth-order valence-electron chi connectivity index (χ4n) is 1.94. The van der Waals surface area contributed by atoms with Gasteiger partial charge in [-0.25, -0.2) is 4.98 Å². The van der Waals surface area contributed by atoms with Crippen molar-refractivity contribution in [1.29, 1.82) is 0 Å². The highest BCUT2D eigenvalue weighted by molar-refractivity contribution is 6.29. The Kier molecular flexibility index (Phi) is 5.59. The molecule has 114 valence electrons. The molecule has 0 aliphatic heterocycles. The summed E-state index contributed by atoms with van der Waals surface area (Å²) in [5.74, 6) is 1.57. The van der Waals surface area contributed by atoms with E-state index < -0.39 is 0 Å². The molecule has 6 heteroatoms. The van der Waals surface area contributed by atoms with Gasteiger partial charge in [0.2, 0.25) is 0 Å². The number of hydrogen-bond acceptors (Lipinski definition) is 4. The molecule has 0 radical (unpaired) electrons. The van der Waals surface area contributed by atoms with E-state index in [2.05, 4.69) is 22.2 Å². The Bertz CT molecular complexity index is 597. The fraction of sp³-hybridized carbons (Fsp3) is 0.467. The lowest BCUT2D eigenvalue weighted by Crippen LogP contribution is -2.16. The summed E-state index contributed by atoms with van der Waals surface area (Å²) in [5, 5.41) is 3.95. The van der Waals surface area contributed by atoms with Crippen LogP contribution in [-0.2, 0) is 20.2 Å². The molecule has 0 fully saturated rings. The van der Waals surface area contributed by atoms with Crippen LogP contribution in [0.1, 0.15) is 30.6 Å². The molecule has 0 aliphatic carbocycles. The SMILES string of the molecule is CCCNCc1nc(C)ccc1OCc1ncc(Cl)n1C. The summed E-state index contributed by atoms with van der Waals surface area (Å²) in [7, 11) is 1.87. The highest BCUT2D eigenvalue weighted by Crippen LogP contribution is 2.19. The molecule has 1 N–H and O–H groups in total. The monoisotopic (exact) mass is 308 g/mol. The number of rotatable bonds is 7. The first-order valence-corrected chi connectivity index (χ1v) is 7.45. The summed E-state index contributed by atoms with van der Waals surface area (Å²) < 4.78 is 7.66. The Hall–Kier alpha value is -1.59. The van der Waals surface area contributed by atoms with Crippen molar-refractivity contribution in [2.75, 3.05) is 6.54 Å². The largest absolute Gasteiger partial charge is 0.484 e. The van der Waals surface area contributed by atoms with Crippen LogP contribution >= 0.6 is 11.6 Å². The molecular weight excluding hydrogens is 288 g/mol. The third-order valence-electron chi connectivity index (χ3n) is 3.18. The Morgan fingerprint density at radius 1 is 1.38 bits per heavy atom. The van der Waals surface area contributed by atoms with Crippen LogP contribution in [0.2, 0.25) is 5.15 Å². The minimum atomic E-state index is 0.370. The molecule has 5 nitrogen and oxygen atoms in total. The summed E-state index contributed by atoms with van der Waals surface area (Å²) >= 11 is 5.97. The van der Waals surface area contributed by atoms with Gasteiger partial charge >= 0.3 is 0 Å². The predicted molar refractivity (Wildman–Crippen MR) is 83.5 cm³/mol. The van der Waals surface area contributed by atoms with Gasteiger partial charge in [-0.05, 0) is 32.0 Å². The van der Waals surface area contributed by atoms with Crippen LogP contribution < -0.4 is 10.1 Å². The van der Waals surface area contributed by atoms with Gasteiger partial charge in [0.1, 0.15) is 23.3 Å². The van der Waals surface area contributed by atoms with E-state index in [-0.39, 0.29) is 0 Å². The van der Waals surface area contributed by atoms with Crippen molar-refractivity contribution in [2.45, 2.75) is 33.4 Å². The van der Waals surface area contributed by atoms with Crippen molar-refractivity contribution >= 4 is 11.6 Å². The van der Waals surface area contributed by atoms with Crippen LogP contribution in [0.25, 0.3) is 0 Å². The van der Waals surface area contributed by atoms with Crippen LogP contribution in [0, 0.1) is 6.92 Å². The molecule has 0 spiro atoms. The number of halogens is 1. The van der Waals surface area contributed by atoms with Gasteiger partial charge in [0, 0.05) is 19.3 Å². The average molecular weight is 309 g/mol. The minimum absolute atomic E-state index is 0.370. The van der Waals surface area contributed by atoms with E-state index in [1.54, 1.807) is 10.8 Å². The van der Waals surface area contributed by atoms with Crippen molar-refractivity contribution in [3.8, 4) is 5.75 Å². The van der Waals surface area contributed by atoms with Gasteiger partial charge in [0.15, 0.2) is 0 Å². The topological polar surface area (TPSA) is 52.0 Å². The molecule has 0 aromatic carbocycles. The first-order valence-electron chi connectivity index (χ1n) is 7.08. The quantitative estimate of drug-likeness (QED) is 0.799. The Morgan fingerprint density at radius 2 is 2.19 bits per heavy atom. The number of ether oxygens (including phenoxy) is 1. The Morgan fingerprint density at radius 3 is 2.86 bits per heavy atom. The standard InChI is InChI=1S/C15H21ClN4O/c1-4-7-17-8-12-13(6-5-11(2)19-12)21-10-15-18-9-14(16)20(15)3/h5-6,9,17H,4,7-8,10H2,1-3H3. The molecule has 0 unspecified atom stereocenters. The van der Waals surface area contributed by atoms with E-state index in [4.69, 9.17) is 16.3 Å². The summed E-state index contributed by atoms with van der Waals surface area (Å²) in [6.45, 7) is 6.15. The molecule has 2 aromatic heterocycles. The smallest absolute Gasteiger partial charge is 0.147 e. The summed E-state index contributed by atoms with van der Waals surface area (Å²) in [6, 6.07) is 3.90. The number of hydrogen-bond donors (Lipinski definition) is 1. The third-order valence-corrected chi connectivity index (χ3v) is 3.53. The van der Waals surface area contributed by atoms with Gasteiger partial charge in [-0.15, -0.1) is 0 Å². The van der Waals surface area contributed by atoms with E-state index in [0.29, 0.717) is 18.3 Å². The molecule has 2 rings (SSSR count). The number of nitrogens with zero attached hydrogens (tertiary/aromatic N) is 3. The molecule has 0 atom stereocenters. The first kappa shape index (κ1) is 15.8. The van der Waals surface area contributed by atoms with E-state index in [0.717, 1.165) is 35.9 Å². The predicted octanol–water partition coefficient (Wildman–Crippen LogP) is 2.86. The molecular formula is C15H21ClN4O. The number of aromatic nitrogens is 3. The van der Waals surface area contributed by atoms with E-state index >= 15 is 0 Å². The van der Waals surface area contributed by atoms with Crippen molar-refractivity contribution in [3.63, 3.8) is 0 Å². The van der Waals surface area contributed by atoms with E-state index in [1.807, 2.05) is 26.1 Å². The van der Waals surface area contributed by atoms with Crippen molar-refractivity contribution in [3.05, 3.63) is 40.7 Å². The first-order chi connectivity index (χ1) is 10.1. The second kappa shape index (κ2) is 7.43. The second-order valence-corrected chi connectivity index (χ2v) is 5.31. The second-order valence-electron chi connectivity index (χ2n) is 4.92. The maximum Gasteiger partial charge on any atom is 0.147 e. The molecule has 21 heavy (non-hydrogen) atoms. The summed E-state index contributed by atoms with van der Waals surface area (Å²) in [6.07, 6.45) is 2.71. The van der Waals surface area contributed by atoms with Crippen LogP contribution in [0.4, 0.5) is 0 Å². The Labute approximate surface area is 130 Å². The van der Waals surface area contributed by atoms with Crippen molar-refractivity contribution in [2.24, 2.45) is 7.05 Å². The maximum absolute atomic E-state index is 5.97. The molecule has 0 amide bonds. The molecule has 0 bridgehead atoms. The number of pyridine rings is 1. The zero-order valence-corrected chi connectivity index (χ0v) is 13.4. The normalized spacial score (nSPS) is 10.9. The molecule has 2 heterocycles. The maximum atomic E-state index is 5.97. The van der Waals surface area contributed by atoms with Crippen LogP contribution in [0.3, 0.4) is 0 Å². The lowest BCUT2D eigenvalue weighted by atomic mass is 10.2. The lowest BCUT2D eigenvalue weighted by molar-refractivity contribution is 0.286. The van der Waals surface area contributed by atoms with Crippen molar-refractivity contribution < 1.29 is 4.74 Å². The Balaban J connectivity index is 2.06. The molecule has 0 saturated carbocycles. The van der Waals surface area contributed by atoms with Crippen molar-refractivity contribution in [1.82, 2.24) is 19.9 Å². The zero-order chi connectivity index (χ0) is 15.2.